The molecular weight excluding hydrogens is 730 g/mol. The van der Waals surface area contributed by atoms with Crippen molar-refractivity contribution in [1.29, 1.82) is 0 Å². The van der Waals surface area contributed by atoms with Crippen LogP contribution < -0.4 is 11.1 Å². The molecule has 1 saturated heterocycles. The number of halogens is 4. The van der Waals surface area contributed by atoms with Crippen LogP contribution in [0.5, 0.6) is 0 Å². The molecule has 4 aromatic carbocycles. The number of aromatic amines is 1. The summed E-state index contributed by atoms with van der Waals surface area (Å²) in [6.45, 7) is 3.67. The first-order chi connectivity index (χ1) is 26.1. The van der Waals surface area contributed by atoms with Crippen LogP contribution in [0, 0.1) is 60.5 Å². The van der Waals surface area contributed by atoms with E-state index in [1.165, 1.54) is 54.6 Å². The monoisotopic (exact) mass is 765 g/mol. The van der Waals surface area contributed by atoms with Crippen LogP contribution in [0.4, 0.5) is 39.4 Å². The van der Waals surface area contributed by atoms with Gasteiger partial charge in [0.2, 0.25) is 0 Å². The number of fused-ring (bicyclic) bond motifs is 1. The van der Waals surface area contributed by atoms with Crippen molar-refractivity contribution in [2.75, 3.05) is 19.6 Å². The first kappa shape index (κ1) is 42.3. The highest BCUT2D eigenvalue weighted by Crippen LogP contribution is 2.23. The molecule has 0 aliphatic carbocycles. The molecule has 18 heteroatoms. The summed E-state index contributed by atoms with van der Waals surface area (Å²) in [6.07, 6.45) is 10.5. The molecule has 55 heavy (non-hydrogen) atoms. The molecule has 0 spiro atoms. The molecular formula is C37H35F4N7O7. The second kappa shape index (κ2) is 20.8. The number of primary amides is 1. The number of H-pyrrole nitrogens is 1. The fraction of sp³-hybridized carbons (Fsp3) is 0.162. The highest BCUT2D eigenvalue weighted by atomic mass is 19.1. The van der Waals surface area contributed by atoms with Gasteiger partial charge >= 0.3 is 6.03 Å². The molecule has 2 amide bonds. The first-order valence-corrected chi connectivity index (χ1v) is 16.3. The third-order valence-corrected chi connectivity index (χ3v) is 7.56. The summed E-state index contributed by atoms with van der Waals surface area (Å²) < 4.78 is 50.6. The molecule has 6 rings (SSSR count). The predicted octanol–water partition coefficient (Wildman–Crippen LogP) is 8.57. The van der Waals surface area contributed by atoms with Gasteiger partial charge in [-0.25, -0.2) is 22.4 Å². The number of benzene rings is 4. The zero-order chi connectivity index (χ0) is 40.5. The number of likely N-dealkylation sites (tertiary alicyclic amines) is 1. The minimum atomic E-state index is -0.691. The highest BCUT2D eigenvalue weighted by molar-refractivity contribution is 5.79. The number of amides is 2. The van der Waals surface area contributed by atoms with Gasteiger partial charge in [0.1, 0.15) is 23.3 Å². The van der Waals surface area contributed by atoms with Crippen LogP contribution in [-0.4, -0.2) is 50.3 Å². The smallest absolute Gasteiger partial charge is 0.312 e. The topological polar surface area (TPSA) is 204 Å². The number of nitro groups is 3. The van der Waals surface area contributed by atoms with Crippen LogP contribution in [0.1, 0.15) is 29.5 Å². The number of hydrogen-bond donors (Lipinski definition) is 3. The fourth-order valence-corrected chi connectivity index (χ4v) is 4.85. The average molecular weight is 766 g/mol. The standard InChI is InChI=1S/C12H13FN2O2.C10H10FN3O3.C8H6FN.C7H6FNO2/c13-11-4-3-10(12(9-11)15(16)17)5-8-14-6-1-2-7-14;11-8-4-3-7(9(6-8)14(16)17)2-1-5-13-10(12)15;9-7-2-1-6-3-4-10-8(6)5-7;1-5-2-3-6(8)4-7(5)9(10)11/h3-5,8-9H,1-2,6-7H2;1-4,6H,5H2,(H3,12,13,15);1-5,10H;2-4H,1H3/b8-5+;2-1+;;. The molecule has 0 bridgehead atoms. The fourth-order valence-electron chi connectivity index (χ4n) is 4.85. The van der Waals surface area contributed by atoms with E-state index in [1.807, 2.05) is 12.3 Å². The molecule has 1 aliphatic rings. The Morgan fingerprint density at radius 1 is 0.745 bits per heavy atom. The van der Waals surface area contributed by atoms with Crippen molar-refractivity contribution in [3.05, 3.63) is 168 Å². The Kier molecular flexibility index (Phi) is 16.0. The molecule has 0 saturated carbocycles. The van der Waals surface area contributed by atoms with E-state index in [2.05, 4.69) is 15.2 Å². The van der Waals surface area contributed by atoms with Crippen LogP contribution >= 0.6 is 0 Å². The van der Waals surface area contributed by atoms with E-state index in [1.54, 1.807) is 25.3 Å². The van der Waals surface area contributed by atoms with Gasteiger partial charge in [-0.1, -0.05) is 12.2 Å². The molecule has 1 aliphatic heterocycles. The van der Waals surface area contributed by atoms with Crippen molar-refractivity contribution in [2.45, 2.75) is 19.8 Å². The number of carbonyl (C=O) groups excluding carboxylic acids is 1. The molecule has 0 radical (unpaired) electrons. The van der Waals surface area contributed by atoms with Crippen LogP contribution in [0.2, 0.25) is 0 Å². The molecule has 0 unspecified atom stereocenters. The second-order valence-corrected chi connectivity index (χ2v) is 11.5. The molecule has 1 aromatic heterocycles. The molecule has 0 atom stereocenters. The Morgan fingerprint density at radius 3 is 1.76 bits per heavy atom. The lowest BCUT2D eigenvalue weighted by molar-refractivity contribution is -0.385. The second-order valence-electron chi connectivity index (χ2n) is 11.5. The summed E-state index contributed by atoms with van der Waals surface area (Å²) in [5.41, 5.74) is 6.13. The van der Waals surface area contributed by atoms with Crippen LogP contribution in [-0.2, 0) is 0 Å². The number of urea groups is 1. The quantitative estimate of drug-likeness (QED) is 0.0791. The minimum absolute atomic E-state index is 0.143. The number of hydrogen-bond acceptors (Lipinski definition) is 8. The van der Waals surface area contributed by atoms with Gasteiger partial charge < -0.3 is 20.9 Å². The van der Waals surface area contributed by atoms with E-state index in [0.29, 0.717) is 11.1 Å². The lowest BCUT2D eigenvalue weighted by Crippen LogP contribution is -2.29. The normalized spacial score (nSPS) is 11.9. The van der Waals surface area contributed by atoms with E-state index in [9.17, 15) is 52.7 Å². The number of aryl methyl sites for hydroxylation is 1. The van der Waals surface area contributed by atoms with Crippen LogP contribution in [0.3, 0.4) is 0 Å². The van der Waals surface area contributed by atoms with Gasteiger partial charge in [0, 0.05) is 36.9 Å². The van der Waals surface area contributed by atoms with Gasteiger partial charge in [0.05, 0.1) is 44.1 Å². The SMILES string of the molecule is Cc1ccc(F)cc1[N+](=O)[O-].Fc1ccc2cc[nH]c2c1.NC(=O)NC/C=C/c1ccc(F)cc1[N+](=O)[O-].O=[N+]([O-])c1cc(F)ccc1/C=C/N1CCCC1. The Hall–Kier alpha value is -7.11. The Morgan fingerprint density at radius 2 is 1.24 bits per heavy atom. The number of nitrogens with zero attached hydrogens (tertiary/aromatic N) is 4. The van der Waals surface area contributed by atoms with Crippen molar-refractivity contribution in [1.82, 2.24) is 15.2 Å². The van der Waals surface area contributed by atoms with Gasteiger partial charge in [-0.2, -0.15) is 0 Å². The van der Waals surface area contributed by atoms with Crippen molar-refractivity contribution >= 4 is 46.1 Å². The zero-order valence-corrected chi connectivity index (χ0v) is 29.2. The van der Waals surface area contributed by atoms with Gasteiger partial charge in [0.25, 0.3) is 17.1 Å². The number of carbonyl (C=O) groups is 1. The number of nitrogens with two attached hydrogens (primary N) is 1. The van der Waals surface area contributed by atoms with E-state index >= 15 is 0 Å². The first-order valence-electron chi connectivity index (χ1n) is 16.3. The number of aromatic nitrogens is 1. The molecule has 4 N–H and O–H groups in total. The summed E-state index contributed by atoms with van der Waals surface area (Å²) in [6, 6.07) is 16.2. The third kappa shape index (κ3) is 14.1. The maximum absolute atomic E-state index is 12.9. The summed E-state index contributed by atoms with van der Waals surface area (Å²) in [5.74, 6) is -2.05. The van der Waals surface area contributed by atoms with E-state index < -0.39 is 38.3 Å². The van der Waals surface area contributed by atoms with Crippen LogP contribution in [0.15, 0.2) is 97.3 Å². The Labute approximate surface area is 311 Å². The zero-order valence-electron chi connectivity index (χ0n) is 29.2. The maximum atomic E-state index is 12.9. The van der Waals surface area contributed by atoms with Gasteiger partial charge in [-0.3, -0.25) is 30.3 Å². The van der Waals surface area contributed by atoms with Gasteiger partial charge in [0.15, 0.2) is 0 Å². The molecule has 14 nitrogen and oxygen atoms in total. The lowest BCUT2D eigenvalue weighted by atomic mass is 10.1. The molecule has 5 aromatic rings. The Balaban J connectivity index is 0.000000202. The van der Waals surface area contributed by atoms with E-state index in [4.69, 9.17) is 5.73 Å². The molecule has 1 fully saturated rings. The average Bonchev–Trinajstić information content (AvgIpc) is 3.84. The van der Waals surface area contributed by atoms with E-state index in [-0.39, 0.29) is 35.0 Å². The lowest BCUT2D eigenvalue weighted by Gasteiger charge is -2.09. The maximum Gasteiger partial charge on any atom is 0.312 e. The van der Waals surface area contributed by atoms with Crippen LogP contribution in [0.25, 0.3) is 23.1 Å². The van der Waals surface area contributed by atoms with Crippen molar-refractivity contribution in [3.8, 4) is 0 Å². The van der Waals surface area contributed by atoms with Gasteiger partial charge in [-0.15, -0.1) is 0 Å². The number of rotatable bonds is 8. The molecule has 288 valence electrons. The van der Waals surface area contributed by atoms with Crippen molar-refractivity contribution < 1.29 is 37.1 Å². The molecule has 2 heterocycles. The van der Waals surface area contributed by atoms with E-state index in [0.717, 1.165) is 61.1 Å². The summed E-state index contributed by atoms with van der Waals surface area (Å²) >= 11 is 0. The van der Waals surface area contributed by atoms with Gasteiger partial charge in [-0.05, 0) is 98.1 Å². The Bertz CT molecular complexity index is 2190. The predicted molar refractivity (Wildman–Crippen MR) is 199 cm³/mol. The van der Waals surface area contributed by atoms with Crippen molar-refractivity contribution in [3.63, 3.8) is 0 Å². The number of nitrogens with one attached hydrogen (secondary N) is 2. The summed E-state index contributed by atoms with van der Waals surface area (Å²) in [4.78, 5) is 45.1. The minimum Gasteiger partial charge on any atom is -0.377 e. The highest BCUT2D eigenvalue weighted by Gasteiger charge is 2.14. The largest absolute Gasteiger partial charge is 0.377 e. The summed E-state index contributed by atoms with van der Waals surface area (Å²) in [5, 5.41) is 34.9. The number of nitro benzene ring substituents is 3. The third-order valence-electron chi connectivity index (χ3n) is 7.56. The summed E-state index contributed by atoms with van der Waals surface area (Å²) in [7, 11) is 0. The van der Waals surface area contributed by atoms with Crippen molar-refractivity contribution in [2.24, 2.45) is 5.73 Å².